The summed E-state index contributed by atoms with van der Waals surface area (Å²) in [4.78, 5) is 12.6. The molecule has 0 aliphatic carbocycles. The van der Waals surface area contributed by atoms with Gasteiger partial charge in [-0.25, -0.2) is 8.42 Å². The first-order chi connectivity index (χ1) is 14.9. The van der Waals surface area contributed by atoms with Crippen LogP contribution in [0.2, 0.25) is 0 Å². The molecule has 1 saturated heterocycles. The monoisotopic (exact) mass is 446 g/mol. The van der Waals surface area contributed by atoms with Gasteiger partial charge in [-0.1, -0.05) is 12.1 Å². The van der Waals surface area contributed by atoms with Gasteiger partial charge in [0.05, 0.1) is 25.7 Å². The average molecular weight is 447 g/mol. The highest BCUT2D eigenvalue weighted by Crippen LogP contribution is 2.29. The van der Waals surface area contributed by atoms with E-state index in [4.69, 9.17) is 9.47 Å². The number of amides is 1. The zero-order valence-corrected chi connectivity index (χ0v) is 19.1. The third-order valence-electron chi connectivity index (χ3n) is 5.47. The van der Waals surface area contributed by atoms with Crippen molar-refractivity contribution < 1.29 is 22.7 Å². The van der Waals surface area contributed by atoms with E-state index in [-0.39, 0.29) is 11.7 Å². The van der Waals surface area contributed by atoms with E-state index in [1.807, 2.05) is 25.1 Å². The Kier molecular flexibility index (Phi) is 7.43. The third-order valence-corrected chi connectivity index (χ3v) is 7.32. The zero-order chi connectivity index (χ0) is 22.4. The number of carbonyl (C=O) groups is 1. The molecule has 31 heavy (non-hydrogen) atoms. The fourth-order valence-corrected chi connectivity index (χ4v) is 5.40. The van der Waals surface area contributed by atoms with E-state index >= 15 is 0 Å². The maximum absolute atomic E-state index is 12.6. The van der Waals surface area contributed by atoms with Crippen LogP contribution in [0.5, 0.6) is 11.5 Å². The molecule has 0 saturated carbocycles. The summed E-state index contributed by atoms with van der Waals surface area (Å²) in [7, 11) is -0.116. The van der Waals surface area contributed by atoms with Gasteiger partial charge in [-0.15, -0.1) is 0 Å². The number of aryl methyl sites for hydroxylation is 2. The van der Waals surface area contributed by atoms with E-state index in [2.05, 4.69) is 5.32 Å². The van der Waals surface area contributed by atoms with Crippen LogP contribution in [0.15, 0.2) is 36.4 Å². The van der Waals surface area contributed by atoms with Gasteiger partial charge in [0, 0.05) is 18.7 Å². The second-order valence-electron chi connectivity index (χ2n) is 7.65. The lowest BCUT2D eigenvalue weighted by Crippen LogP contribution is -2.38. The lowest BCUT2D eigenvalue weighted by molar-refractivity contribution is 0.0953. The number of carbonyl (C=O) groups excluding carboxylic acids is 1. The van der Waals surface area contributed by atoms with Crippen molar-refractivity contribution in [1.29, 1.82) is 0 Å². The quantitative estimate of drug-likeness (QED) is 0.629. The Hall–Kier alpha value is -2.74. The molecule has 1 N–H and O–H groups in total. The number of nitrogens with one attached hydrogen (secondary N) is 1. The molecule has 1 aliphatic heterocycles. The van der Waals surface area contributed by atoms with Crippen molar-refractivity contribution in [3.05, 3.63) is 53.1 Å². The highest BCUT2D eigenvalue weighted by Gasteiger charge is 2.27. The number of benzene rings is 2. The van der Waals surface area contributed by atoms with Crippen LogP contribution in [0.1, 0.15) is 40.7 Å². The minimum Gasteiger partial charge on any atom is -0.493 e. The molecule has 1 fully saturated rings. The molecule has 0 atom stereocenters. The van der Waals surface area contributed by atoms with Gasteiger partial charge in [-0.05, 0) is 68.0 Å². The number of ether oxygens (including phenoxy) is 2. The van der Waals surface area contributed by atoms with Crippen molar-refractivity contribution >= 4 is 21.6 Å². The van der Waals surface area contributed by atoms with Crippen LogP contribution in [0.3, 0.4) is 0 Å². The summed E-state index contributed by atoms with van der Waals surface area (Å²) < 4.78 is 36.9. The van der Waals surface area contributed by atoms with Gasteiger partial charge >= 0.3 is 0 Å². The van der Waals surface area contributed by atoms with Crippen molar-refractivity contribution in [3.8, 4) is 11.5 Å². The molecule has 0 bridgehead atoms. The molecule has 168 valence electrons. The second-order valence-corrected chi connectivity index (χ2v) is 9.66. The SMILES string of the molecule is COc1ccc(CCCNC(=O)c2ccc(C)c(N3CCCCS3(=O)=O)c2)cc1OC. The largest absolute Gasteiger partial charge is 0.493 e. The van der Waals surface area contributed by atoms with Gasteiger partial charge in [0.25, 0.3) is 5.91 Å². The van der Waals surface area contributed by atoms with Gasteiger partial charge in [-0.2, -0.15) is 0 Å². The number of hydrogen-bond acceptors (Lipinski definition) is 5. The molecule has 2 aromatic carbocycles. The number of hydrogen-bond donors (Lipinski definition) is 1. The lowest BCUT2D eigenvalue weighted by Gasteiger charge is -2.29. The van der Waals surface area contributed by atoms with Crippen molar-refractivity contribution in [2.45, 2.75) is 32.6 Å². The van der Waals surface area contributed by atoms with Gasteiger partial charge in [0.2, 0.25) is 10.0 Å². The summed E-state index contributed by atoms with van der Waals surface area (Å²) in [5.41, 5.74) is 3.00. The Bertz CT molecular complexity index is 1040. The van der Waals surface area contributed by atoms with Crippen molar-refractivity contribution in [3.63, 3.8) is 0 Å². The van der Waals surface area contributed by atoms with Crippen molar-refractivity contribution in [2.24, 2.45) is 0 Å². The van der Waals surface area contributed by atoms with Gasteiger partial charge in [-0.3, -0.25) is 9.10 Å². The Balaban J connectivity index is 1.60. The predicted octanol–water partition coefficient (Wildman–Crippen LogP) is 3.30. The summed E-state index contributed by atoms with van der Waals surface area (Å²) in [5, 5.41) is 2.93. The van der Waals surface area contributed by atoms with E-state index in [1.165, 1.54) is 4.31 Å². The fourth-order valence-electron chi connectivity index (χ4n) is 3.71. The topological polar surface area (TPSA) is 84.9 Å². The molecule has 1 aliphatic rings. The maximum atomic E-state index is 12.6. The van der Waals surface area contributed by atoms with Crippen LogP contribution >= 0.6 is 0 Å². The van der Waals surface area contributed by atoms with E-state index in [9.17, 15) is 13.2 Å². The molecule has 1 heterocycles. The third kappa shape index (κ3) is 5.50. The molecule has 0 radical (unpaired) electrons. The van der Waals surface area contributed by atoms with Crippen LogP contribution in [0.25, 0.3) is 0 Å². The molecule has 0 aromatic heterocycles. The summed E-state index contributed by atoms with van der Waals surface area (Å²) in [6, 6.07) is 11.0. The lowest BCUT2D eigenvalue weighted by atomic mass is 10.1. The van der Waals surface area contributed by atoms with Crippen LogP contribution in [0, 0.1) is 6.92 Å². The summed E-state index contributed by atoms with van der Waals surface area (Å²) in [6.07, 6.45) is 3.05. The standard InChI is InChI=1S/C23H30N2O5S/c1-17-8-10-19(16-20(17)25-13-4-5-14-31(25,27)28)23(26)24-12-6-7-18-9-11-21(29-2)22(15-18)30-3/h8-11,15-16H,4-7,12-14H2,1-3H3,(H,24,26). The normalized spacial score (nSPS) is 15.4. The molecule has 7 nitrogen and oxygen atoms in total. The van der Waals surface area contributed by atoms with Crippen LogP contribution in [-0.4, -0.2) is 47.4 Å². The molecule has 0 unspecified atom stereocenters. The Morgan fingerprint density at radius 3 is 2.55 bits per heavy atom. The fraction of sp³-hybridized carbons (Fsp3) is 0.435. The van der Waals surface area contributed by atoms with Gasteiger partial charge < -0.3 is 14.8 Å². The number of nitrogens with zero attached hydrogens (tertiary/aromatic N) is 1. The molecular formula is C23H30N2O5S. The Labute approximate surface area is 184 Å². The summed E-state index contributed by atoms with van der Waals surface area (Å²) in [5.74, 6) is 1.32. The molecule has 1 amide bonds. The number of sulfonamides is 1. The molecule has 0 spiro atoms. The first-order valence-corrected chi connectivity index (χ1v) is 12.1. The van der Waals surface area contributed by atoms with Crippen LogP contribution < -0.4 is 19.1 Å². The zero-order valence-electron chi connectivity index (χ0n) is 18.3. The van der Waals surface area contributed by atoms with Gasteiger partial charge in [0.1, 0.15) is 0 Å². The predicted molar refractivity (Wildman–Crippen MR) is 122 cm³/mol. The first kappa shape index (κ1) is 22.9. The Morgan fingerprint density at radius 2 is 1.84 bits per heavy atom. The second kappa shape index (κ2) is 10.0. The maximum Gasteiger partial charge on any atom is 0.251 e. The Morgan fingerprint density at radius 1 is 1.06 bits per heavy atom. The number of methoxy groups -OCH3 is 2. The van der Waals surface area contributed by atoms with Crippen molar-refractivity contribution in [1.82, 2.24) is 5.32 Å². The highest BCUT2D eigenvalue weighted by atomic mass is 32.2. The highest BCUT2D eigenvalue weighted by molar-refractivity contribution is 7.92. The van der Waals surface area contributed by atoms with Crippen LogP contribution in [-0.2, 0) is 16.4 Å². The minimum atomic E-state index is -3.32. The molecule has 2 aromatic rings. The van der Waals surface area contributed by atoms with E-state index in [0.717, 1.165) is 30.4 Å². The van der Waals surface area contributed by atoms with Gasteiger partial charge in [0.15, 0.2) is 11.5 Å². The van der Waals surface area contributed by atoms with E-state index < -0.39 is 10.0 Å². The summed E-state index contributed by atoms with van der Waals surface area (Å²) >= 11 is 0. The summed E-state index contributed by atoms with van der Waals surface area (Å²) in [6.45, 7) is 2.84. The molecular weight excluding hydrogens is 416 g/mol. The minimum absolute atomic E-state index is 0.152. The van der Waals surface area contributed by atoms with Crippen LogP contribution in [0.4, 0.5) is 5.69 Å². The molecule has 8 heteroatoms. The van der Waals surface area contributed by atoms with Crippen molar-refractivity contribution in [2.75, 3.05) is 37.4 Å². The smallest absolute Gasteiger partial charge is 0.251 e. The van der Waals surface area contributed by atoms with E-state index in [0.29, 0.717) is 42.3 Å². The molecule has 3 rings (SSSR count). The van der Waals surface area contributed by atoms with E-state index in [1.54, 1.807) is 32.4 Å². The average Bonchev–Trinajstić information content (AvgIpc) is 2.76. The number of anilines is 1. The first-order valence-electron chi connectivity index (χ1n) is 10.5. The number of rotatable bonds is 8.